The lowest BCUT2D eigenvalue weighted by atomic mass is 10.1. The predicted molar refractivity (Wildman–Crippen MR) is 104 cm³/mol. The van der Waals surface area contributed by atoms with Crippen LogP contribution in [0.15, 0.2) is 71.8 Å². The molecular formula is C21H14F3N3O2. The van der Waals surface area contributed by atoms with Crippen LogP contribution < -0.4 is 10.7 Å². The number of nitrogens with zero attached hydrogens (tertiary/aromatic N) is 2. The summed E-state index contributed by atoms with van der Waals surface area (Å²) in [6, 6.07) is 13.0. The second kappa shape index (κ2) is 7.05. The third-order valence-electron chi connectivity index (χ3n) is 4.54. The number of carbonyl (C=O) groups is 1. The normalized spacial score (nSPS) is 11.7. The maximum Gasteiger partial charge on any atom is 0.416 e. The number of anilines is 1. The van der Waals surface area contributed by atoms with E-state index in [4.69, 9.17) is 0 Å². The van der Waals surface area contributed by atoms with Crippen molar-refractivity contribution < 1.29 is 18.0 Å². The van der Waals surface area contributed by atoms with Gasteiger partial charge in [-0.2, -0.15) is 13.2 Å². The van der Waals surface area contributed by atoms with Crippen LogP contribution in [0.2, 0.25) is 0 Å². The number of pyridine rings is 2. The summed E-state index contributed by atoms with van der Waals surface area (Å²) < 4.78 is 40.3. The molecule has 2 aromatic carbocycles. The maximum absolute atomic E-state index is 12.9. The maximum atomic E-state index is 12.9. The van der Waals surface area contributed by atoms with Crippen LogP contribution in [0.5, 0.6) is 0 Å². The van der Waals surface area contributed by atoms with Crippen LogP contribution in [-0.4, -0.2) is 15.5 Å². The number of hydrogen-bond acceptors (Lipinski definition) is 3. The summed E-state index contributed by atoms with van der Waals surface area (Å²) in [4.78, 5) is 28.5. The first-order valence-electron chi connectivity index (χ1n) is 8.67. The molecule has 0 atom stereocenters. The number of carbonyl (C=O) groups excluding carboxylic acids is 1. The van der Waals surface area contributed by atoms with Gasteiger partial charge in [0.25, 0.3) is 0 Å². The molecule has 2 aromatic heterocycles. The van der Waals surface area contributed by atoms with Crippen molar-refractivity contribution >= 4 is 33.4 Å². The molecule has 0 fully saturated rings. The van der Waals surface area contributed by atoms with Gasteiger partial charge in [0.1, 0.15) is 6.54 Å². The van der Waals surface area contributed by atoms with Crippen molar-refractivity contribution in [3.05, 3.63) is 82.8 Å². The van der Waals surface area contributed by atoms with E-state index in [1.54, 1.807) is 28.8 Å². The van der Waals surface area contributed by atoms with E-state index in [0.29, 0.717) is 22.0 Å². The standard InChI is InChI=1S/C21H14F3N3O2/c22-21(23,24)13-5-6-14-16(7-9-25-17(14)11-13)26-20(29)12-27-10-8-19(28)15-3-1-2-4-18(15)27/h1-11H,12H2,(H,25,26,29). The quantitative estimate of drug-likeness (QED) is 0.563. The van der Waals surface area contributed by atoms with Crippen molar-refractivity contribution in [2.45, 2.75) is 12.7 Å². The summed E-state index contributed by atoms with van der Waals surface area (Å²) in [6.07, 6.45) is -1.60. The molecule has 0 saturated heterocycles. The highest BCUT2D eigenvalue weighted by Crippen LogP contribution is 2.32. The Labute approximate surface area is 162 Å². The van der Waals surface area contributed by atoms with Gasteiger partial charge < -0.3 is 9.88 Å². The highest BCUT2D eigenvalue weighted by Gasteiger charge is 2.30. The van der Waals surface area contributed by atoms with Crippen LogP contribution in [0, 0.1) is 0 Å². The van der Waals surface area contributed by atoms with Gasteiger partial charge in [-0.3, -0.25) is 14.6 Å². The second-order valence-corrected chi connectivity index (χ2v) is 6.46. The first-order chi connectivity index (χ1) is 13.8. The molecular weight excluding hydrogens is 383 g/mol. The highest BCUT2D eigenvalue weighted by atomic mass is 19.4. The largest absolute Gasteiger partial charge is 0.416 e. The molecule has 5 nitrogen and oxygen atoms in total. The van der Waals surface area contributed by atoms with Crippen molar-refractivity contribution in [2.24, 2.45) is 0 Å². The Hall–Kier alpha value is -3.68. The molecule has 0 aliphatic rings. The van der Waals surface area contributed by atoms with Gasteiger partial charge in [-0.1, -0.05) is 18.2 Å². The van der Waals surface area contributed by atoms with Gasteiger partial charge in [-0.05, 0) is 30.3 Å². The molecule has 0 unspecified atom stereocenters. The topological polar surface area (TPSA) is 64.0 Å². The molecule has 146 valence electrons. The Morgan fingerprint density at radius 2 is 1.83 bits per heavy atom. The monoisotopic (exact) mass is 397 g/mol. The lowest BCUT2D eigenvalue weighted by molar-refractivity contribution is -0.137. The van der Waals surface area contributed by atoms with Gasteiger partial charge in [0.05, 0.1) is 22.3 Å². The highest BCUT2D eigenvalue weighted by molar-refractivity contribution is 6.01. The molecule has 0 spiro atoms. The fraction of sp³-hybridized carbons (Fsp3) is 0.0952. The number of benzene rings is 2. The first-order valence-corrected chi connectivity index (χ1v) is 8.67. The minimum Gasteiger partial charge on any atom is -0.338 e. The van der Waals surface area contributed by atoms with Crippen molar-refractivity contribution in [1.29, 1.82) is 0 Å². The molecule has 2 heterocycles. The fourth-order valence-electron chi connectivity index (χ4n) is 3.18. The van der Waals surface area contributed by atoms with Crippen LogP contribution in [0.1, 0.15) is 5.56 Å². The van der Waals surface area contributed by atoms with Gasteiger partial charge >= 0.3 is 6.18 Å². The molecule has 8 heteroatoms. The average molecular weight is 397 g/mol. The van der Waals surface area contributed by atoms with Crippen molar-refractivity contribution in [3.63, 3.8) is 0 Å². The number of rotatable bonds is 3. The van der Waals surface area contributed by atoms with Gasteiger partial charge in [0.15, 0.2) is 5.43 Å². The van der Waals surface area contributed by atoms with E-state index in [9.17, 15) is 22.8 Å². The van der Waals surface area contributed by atoms with E-state index in [0.717, 1.165) is 12.1 Å². The number of aromatic nitrogens is 2. The summed E-state index contributed by atoms with van der Waals surface area (Å²) in [6.45, 7) is -0.0642. The van der Waals surface area contributed by atoms with Crippen LogP contribution >= 0.6 is 0 Å². The zero-order valence-corrected chi connectivity index (χ0v) is 14.9. The number of nitrogens with one attached hydrogen (secondary N) is 1. The Morgan fingerprint density at radius 3 is 2.62 bits per heavy atom. The zero-order valence-electron chi connectivity index (χ0n) is 14.9. The van der Waals surface area contributed by atoms with E-state index < -0.39 is 11.7 Å². The molecule has 29 heavy (non-hydrogen) atoms. The molecule has 0 bridgehead atoms. The SMILES string of the molecule is O=C(Cn1ccc(=O)c2ccccc21)Nc1ccnc2cc(C(F)(F)F)ccc12. The third kappa shape index (κ3) is 3.69. The summed E-state index contributed by atoms with van der Waals surface area (Å²) in [5.41, 5.74) is 0.161. The summed E-state index contributed by atoms with van der Waals surface area (Å²) in [5, 5.41) is 3.61. The Kier molecular flexibility index (Phi) is 4.54. The Morgan fingerprint density at radius 1 is 1.03 bits per heavy atom. The molecule has 0 aliphatic heterocycles. The van der Waals surface area contributed by atoms with Gasteiger partial charge in [-0.15, -0.1) is 0 Å². The second-order valence-electron chi connectivity index (χ2n) is 6.46. The van der Waals surface area contributed by atoms with Crippen LogP contribution in [0.25, 0.3) is 21.8 Å². The van der Waals surface area contributed by atoms with E-state index in [1.807, 2.05) is 0 Å². The van der Waals surface area contributed by atoms with Crippen molar-refractivity contribution in [3.8, 4) is 0 Å². The number of halogens is 3. The number of amides is 1. The molecule has 4 rings (SSSR count). The molecule has 1 amide bonds. The van der Waals surface area contributed by atoms with Crippen LogP contribution in [0.4, 0.5) is 18.9 Å². The van der Waals surface area contributed by atoms with Crippen LogP contribution in [0.3, 0.4) is 0 Å². The van der Waals surface area contributed by atoms with E-state index >= 15 is 0 Å². The smallest absolute Gasteiger partial charge is 0.338 e. The van der Waals surface area contributed by atoms with Crippen LogP contribution in [-0.2, 0) is 17.5 Å². The van der Waals surface area contributed by atoms with E-state index in [-0.39, 0.29) is 23.4 Å². The number of hydrogen-bond donors (Lipinski definition) is 1. The minimum absolute atomic E-state index is 0.0642. The number of para-hydroxylation sites is 1. The Balaban J connectivity index is 1.63. The van der Waals surface area contributed by atoms with Gasteiger partial charge in [0.2, 0.25) is 5.91 Å². The van der Waals surface area contributed by atoms with Gasteiger partial charge in [0, 0.05) is 29.2 Å². The van der Waals surface area contributed by atoms with E-state index in [1.165, 1.54) is 30.6 Å². The number of alkyl halides is 3. The third-order valence-corrected chi connectivity index (χ3v) is 4.54. The Bertz CT molecular complexity index is 1300. The summed E-state index contributed by atoms with van der Waals surface area (Å²) in [5.74, 6) is -0.383. The molecule has 0 aliphatic carbocycles. The van der Waals surface area contributed by atoms with Crippen molar-refractivity contribution in [1.82, 2.24) is 9.55 Å². The van der Waals surface area contributed by atoms with Gasteiger partial charge in [-0.25, -0.2) is 0 Å². The predicted octanol–water partition coefficient (Wildman–Crippen LogP) is 4.21. The molecule has 1 N–H and O–H groups in total. The average Bonchev–Trinajstić information content (AvgIpc) is 2.69. The minimum atomic E-state index is -4.47. The zero-order chi connectivity index (χ0) is 20.6. The fourth-order valence-corrected chi connectivity index (χ4v) is 3.18. The molecule has 4 aromatic rings. The summed E-state index contributed by atoms with van der Waals surface area (Å²) >= 11 is 0. The lowest BCUT2D eigenvalue weighted by Crippen LogP contribution is -2.20. The molecule has 0 radical (unpaired) electrons. The lowest BCUT2D eigenvalue weighted by Gasteiger charge is -2.13. The molecule has 0 saturated carbocycles. The first kappa shape index (κ1) is 18.7. The van der Waals surface area contributed by atoms with Crippen molar-refractivity contribution in [2.75, 3.05) is 5.32 Å². The number of fused-ring (bicyclic) bond motifs is 2. The summed E-state index contributed by atoms with van der Waals surface area (Å²) in [7, 11) is 0. The van der Waals surface area contributed by atoms with E-state index in [2.05, 4.69) is 10.3 Å².